The zero-order valence-electron chi connectivity index (χ0n) is 19.3. The van der Waals surface area contributed by atoms with E-state index >= 15 is 0 Å². The van der Waals surface area contributed by atoms with Crippen molar-refractivity contribution >= 4 is 23.3 Å². The molecule has 0 aromatic rings. The van der Waals surface area contributed by atoms with E-state index in [1.54, 1.807) is 0 Å². The van der Waals surface area contributed by atoms with Crippen molar-refractivity contribution in [1.82, 2.24) is 4.86 Å². The average molecular weight is 731 g/mol. The Labute approximate surface area is 221 Å². The molecule has 0 aromatic carbocycles. The van der Waals surface area contributed by atoms with Crippen molar-refractivity contribution in [2.75, 3.05) is 39.6 Å². The normalized spacial score (nSPS) is 20.5. The summed E-state index contributed by atoms with van der Waals surface area (Å²) in [5.74, 6) is 0. The van der Waals surface area contributed by atoms with Crippen LogP contribution in [0, 0.1) is 0 Å². The fourth-order valence-electron chi connectivity index (χ4n) is 2.02. The van der Waals surface area contributed by atoms with Gasteiger partial charge in [0.05, 0.1) is 0 Å². The Hall–Kier alpha value is -0.650. The minimum absolute atomic E-state index is 1.05. The first-order chi connectivity index (χ1) is 18.4. The molecule has 0 spiro atoms. The monoisotopic (exact) mass is 731 g/mol. The number of hydrogen-bond acceptors (Lipinski definition) is 9. The fraction of sp³-hybridized carbons (Fsp3) is 1.00. The quantitative estimate of drug-likeness (QED) is 0.159. The summed E-state index contributed by atoms with van der Waals surface area (Å²) in [5.41, 5.74) is 0. The number of halogens is 18. The molecular formula is C12H14F18N3O6P3. The average Bonchev–Trinajstić information content (AvgIpc) is 2.74. The van der Waals surface area contributed by atoms with Crippen molar-refractivity contribution in [2.24, 2.45) is 9.03 Å². The van der Waals surface area contributed by atoms with Crippen LogP contribution in [0.5, 0.6) is 0 Å². The number of nitrogens with zero attached hydrogens (tertiary/aromatic N) is 2. The van der Waals surface area contributed by atoms with Gasteiger partial charge in [0, 0.05) is 0 Å². The van der Waals surface area contributed by atoms with E-state index in [0.29, 0.717) is 0 Å². The first kappa shape index (κ1) is 39.4. The molecule has 0 atom stereocenters. The zero-order valence-corrected chi connectivity index (χ0v) is 22.1. The van der Waals surface area contributed by atoms with Crippen molar-refractivity contribution in [3.8, 4) is 0 Å². The van der Waals surface area contributed by atoms with Gasteiger partial charge in [-0.3, -0.25) is 0 Å². The summed E-state index contributed by atoms with van der Waals surface area (Å²) in [4.78, 5) is 1.05. The molecule has 0 saturated heterocycles. The molecule has 9 nitrogen and oxygen atoms in total. The van der Waals surface area contributed by atoms with Crippen LogP contribution < -0.4 is 4.86 Å². The molecule has 1 aliphatic rings. The van der Waals surface area contributed by atoms with Crippen LogP contribution in [0.1, 0.15) is 0 Å². The fourth-order valence-corrected chi connectivity index (χ4v) is 12.7. The van der Waals surface area contributed by atoms with E-state index in [0.717, 1.165) is 4.86 Å². The maximum absolute atomic E-state index is 12.9. The Morgan fingerprint density at radius 1 is 0.452 bits per heavy atom. The molecule has 0 unspecified atom stereocenters. The number of nitrogens with one attached hydrogen (secondary N) is 1. The molecule has 42 heavy (non-hydrogen) atoms. The van der Waals surface area contributed by atoms with Gasteiger partial charge in [-0.2, -0.15) is 0 Å². The summed E-state index contributed by atoms with van der Waals surface area (Å²) < 4.78 is 261. The van der Waals surface area contributed by atoms with Gasteiger partial charge < -0.3 is 0 Å². The molecule has 0 fully saturated rings. The molecule has 0 aliphatic carbocycles. The standard InChI is InChI=1S/C12H14F18N3O6P3/c13-7(14,15)1-34-40(35-2-8(16,17)18)31-41(36-3-9(19,20)21,37-4-10(22,23)24)33-42(32-40,38-5-11(25,26)27)39-6-12(28,29)30/h31,40H,1-6H2. The minimum atomic E-state index is -6.59. The van der Waals surface area contributed by atoms with Crippen molar-refractivity contribution in [3.05, 3.63) is 0 Å². The van der Waals surface area contributed by atoms with Crippen LogP contribution in [0.3, 0.4) is 0 Å². The SMILES string of the molecule is FC(F)(F)COP1(OCC(F)(F)F)=N[PH](OCC(F)(F)F)(OCC(F)(F)F)NP(OCC(F)(F)F)(OCC(F)(F)F)=N1. The molecule has 254 valence electrons. The first-order valence-corrected chi connectivity index (χ1v) is 14.6. The van der Waals surface area contributed by atoms with E-state index in [1.807, 2.05) is 0 Å². The zero-order chi connectivity index (χ0) is 33.1. The second kappa shape index (κ2) is 13.4. The van der Waals surface area contributed by atoms with Gasteiger partial charge in [-0.05, 0) is 0 Å². The third-order valence-electron chi connectivity index (χ3n) is 3.23. The second-order valence-corrected chi connectivity index (χ2v) is 14.5. The van der Waals surface area contributed by atoms with Gasteiger partial charge >= 0.3 is 220 Å². The third kappa shape index (κ3) is 16.4. The summed E-state index contributed by atoms with van der Waals surface area (Å²) in [6.07, 6.45) is -33.9. The molecular weight excluding hydrogens is 717 g/mol. The summed E-state index contributed by atoms with van der Waals surface area (Å²) in [6, 6.07) is 0. The van der Waals surface area contributed by atoms with Gasteiger partial charge in [0.2, 0.25) is 0 Å². The Morgan fingerprint density at radius 2 is 0.738 bits per heavy atom. The van der Waals surface area contributed by atoms with E-state index in [1.165, 1.54) is 0 Å². The predicted molar refractivity (Wildman–Crippen MR) is 102 cm³/mol. The van der Waals surface area contributed by atoms with Gasteiger partial charge in [-0.25, -0.2) is 0 Å². The van der Waals surface area contributed by atoms with Gasteiger partial charge in [-0.15, -0.1) is 0 Å². The van der Waals surface area contributed by atoms with Crippen LogP contribution >= 0.6 is 23.3 Å². The topological polar surface area (TPSA) is 92.1 Å². The summed E-state index contributed by atoms with van der Waals surface area (Å²) >= 11 is 0. The maximum atomic E-state index is 12.9. The van der Waals surface area contributed by atoms with E-state index in [9.17, 15) is 79.0 Å². The molecule has 0 radical (unpaired) electrons. The van der Waals surface area contributed by atoms with E-state index < -0.39 is 100 Å². The molecule has 0 aromatic heterocycles. The summed E-state index contributed by atoms with van der Waals surface area (Å²) in [7, 11) is -19.0. The molecule has 30 heteroatoms. The predicted octanol–water partition coefficient (Wildman–Crippen LogP) is 8.37. The first-order valence-electron chi connectivity index (χ1n) is 9.69. The van der Waals surface area contributed by atoms with Gasteiger partial charge in [0.25, 0.3) is 0 Å². The molecule has 1 aliphatic heterocycles. The van der Waals surface area contributed by atoms with E-state index in [4.69, 9.17) is 0 Å². The Bertz CT molecular complexity index is 942. The number of hydrogen-bond donors (Lipinski definition) is 1. The van der Waals surface area contributed by atoms with Crippen LogP contribution in [-0.4, -0.2) is 76.7 Å². The van der Waals surface area contributed by atoms with Crippen LogP contribution in [0.2, 0.25) is 0 Å². The van der Waals surface area contributed by atoms with Crippen LogP contribution in [-0.2, 0) is 27.1 Å². The Kier molecular flexibility index (Phi) is 12.5. The molecule has 1 rings (SSSR count). The molecule has 1 N–H and O–H groups in total. The van der Waals surface area contributed by atoms with Crippen molar-refractivity contribution in [3.63, 3.8) is 0 Å². The van der Waals surface area contributed by atoms with E-state index in [2.05, 4.69) is 36.2 Å². The number of rotatable bonds is 12. The second-order valence-electron chi connectivity index (χ2n) is 7.26. The van der Waals surface area contributed by atoms with Gasteiger partial charge in [0.15, 0.2) is 0 Å². The van der Waals surface area contributed by atoms with Crippen molar-refractivity contribution in [2.45, 2.75) is 37.1 Å². The van der Waals surface area contributed by atoms with Crippen LogP contribution in [0.25, 0.3) is 0 Å². The van der Waals surface area contributed by atoms with Crippen LogP contribution in [0.4, 0.5) is 79.0 Å². The molecule has 0 bridgehead atoms. The summed E-state index contributed by atoms with van der Waals surface area (Å²) in [5, 5.41) is 0. The third-order valence-corrected chi connectivity index (χ3v) is 12.4. The Morgan fingerprint density at radius 3 is 1.02 bits per heavy atom. The molecule has 0 saturated carbocycles. The van der Waals surface area contributed by atoms with Crippen LogP contribution in [0.15, 0.2) is 9.03 Å². The van der Waals surface area contributed by atoms with E-state index in [-0.39, 0.29) is 0 Å². The summed E-state index contributed by atoms with van der Waals surface area (Å²) in [6.45, 7) is -17.1. The number of alkyl halides is 18. The van der Waals surface area contributed by atoms with Gasteiger partial charge in [0.1, 0.15) is 0 Å². The van der Waals surface area contributed by atoms with Crippen molar-refractivity contribution < 1.29 is 106 Å². The van der Waals surface area contributed by atoms with Crippen molar-refractivity contribution in [1.29, 1.82) is 0 Å². The molecule has 0 amide bonds. The van der Waals surface area contributed by atoms with Gasteiger partial charge in [-0.1, -0.05) is 0 Å². The Balaban J connectivity index is 4.10. The molecule has 1 heterocycles.